The lowest BCUT2D eigenvalue weighted by Crippen LogP contribution is -2.45. The number of ether oxygens (including phenoxy) is 2. The Labute approximate surface area is 263 Å². The number of benzene rings is 1. The van der Waals surface area contributed by atoms with E-state index in [-0.39, 0.29) is 47.4 Å². The zero-order valence-corrected chi connectivity index (χ0v) is 27.8. The second kappa shape index (κ2) is 17.5. The summed E-state index contributed by atoms with van der Waals surface area (Å²) >= 11 is 0. The van der Waals surface area contributed by atoms with Gasteiger partial charge in [-0.1, -0.05) is 84.4 Å². The van der Waals surface area contributed by atoms with E-state index < -0.39 is 23.9 Å². The van der Waals surface area contributed by atoms with Crippen molar-refractivity contribution in [3.63, 3.8) is 0 Å². The van der Waals surface area contributed by atoms with Crippen LogP contribution in [0.25, 0.3) is 0 Å². The molecule has 0 saturated carbocycles. The van der Waals surface area contributed by atoms with Crippen molar-refractivity contribution in [2.45, 2.75) is 92.3 Å². The lowest BCUT2D eigenvalue weighted by molar-refractivity contribution is -0.149. The molecule has 9 nitrogen and oxygen atoms in total. The number of carbonyl (C=O) groups excluding carboxylic acids is 4. The summed E-state index contributed by atoms with van der Waals surface area (Å²) in [6.45, 7) is 13.3. The first-order chi connectivity index (χ1) is 20.8. The molecular weight excluding hydrogens is 558 g/mol. The maximum absolute atomic E-state index is 13.5. The van der Waals surface area contributed by atoms with E-state index in [0.717, 1.165) is 12.0 Å². The highest BCUT2D eigenvalue weighted by atomic mass is 16.5. The van der Waals surface area contributed by atoms with Gasteiger partial charge in [0.25, 0.3) is 5.91 Å². The molecule has 1 aromatic carbocycles. The van der Waals surface area contributed by atoms with E-state index in [9.17, 15) is 19.2 Å². The van der Waals surface area contributed by atoms with Gasteiger partial charge in [-0.2, -0.15) is 0 Å². The smallest absolute Gasteiger partial charge is 0.308 e. The maximum Gasteiger partial charge on any atom is 0.308 e. The molecule has 1 aromatic heterocycles. The van der Waals surface area contributed by atoms with Crippen molar-refractivity contribution in [2.24, 2.45) is 23.7 Å². The van der Waals surface area contributed by atoms with Crippen LogP contribution in [0.3, 0.4) is 0 Å². The van der Waals surface area contributed by atoms with Crippen molar-refractivity contribution in [3.05, 3.63) is 65.5 Å². The van der Waals surface area contributed by atoms with Gasteiger partial charge in [0.1, 0.15) is 11.8 Å². The van der Waals surface area contributed by atoms with Gasteiger partial charge < -0.3 is 19.7 Å². The highest BCUT2D eigenvalue weighted by Gasteiger charge is 2.32. The fourth-order valence-electron chi connectivity index (χ4n) is 5.44. The van der Waals surface area contributed by atoms with Crippen LogP contribution in [0.5, 0.6) is 0 Å². The van der Waals surface area contributed by atoms with Gasteiger partial charge in [0, 0.05) is 38.4 Å². The van der Waals surface area contributed by atoms with Gasteiger partial charge in [-0.15, -0.1) is 0 Å². The molecule has 0 bridgehead atoms. The van der Waals surface area contributed by atoms with Crippen molar-refractivity contribution >= 4 is 23.8 Å². The van der Waals surface area contributed by atoms with Gasteiger partial charge in [-0.3, -0.25) is 19.2 Å². The Morgan fingerprint density at radius 1 is 0.932 bits per heavy atom. The van der Waals surface area contributed by atoms with Crippen LogP contribution in [0.4, 0.5) is 0 Å². The molecule has 2 amide bonds. The van der Waals surface area contributed by atoms with Gasteiger partial charge in [-0.25, -0.2) is 4.98 Å². The quantitative estimate of drug-likeness (QED) is 0.240. The Kier molecular flexibility index (Phi) is 14.5. The summed E-state index contributed by atoms with van der Waals surface area (Å²) in [4.78, 5) is 57.6. The standard InChI is InChI=1S/C35H51N3O6/c1-10-23(4)25(6)34(41)38(8)31(22(2)3)21-32(44-26(7)39)29-17-14-18-30(37-29)33(40)36-28(19-24(5)35(42)43-9)20-27-15-12-11-13-16-27/h11-18,22-25,28,31-32H,10,19-21H2,1-9H3,(H,36,40)/t23-,24-,25-,28+,31+,32+/m0/s1. The fourth-order valence-corrected chi connectivity index (χ4v) is 5.44. The number of nitrogens with zero attached hydrogens (tertiary/aromatic N) is 2. The second-order valence-electron chi connectivity index (χ2n) is 12.2. The molecule has 0 spiro atoms. The van der Waals surface area contributed by atoms with E-state index >= 15 is 0 Å². The minimum atomic E-state index is -0.763. The molecule has 6 atom stereocenters. The number of aromatic nitrogens is 1. The Morgan fingerprint density at radius 3 is 2.16 bits per heavy atom. The molecule has 0 saturated heterocycles. The first-order valence-corrected chi connectivity index (χ1v) is 15.6. The van der Waals surface area contributed by atoms with Crippen LogP contribution >= 0.6 is 0 Å². The Balaban J connectivity index is 2.34. The third kappa shape index (κ3) is 10.8. The second-order valence-corrected chi connectivity index (χ2v) is 12.2. The molecule has 0 aliphatic rings. The summed E-state index contributed by atoms with van der Waals surface area (Å²) in [5, 5.41) is 3.05. The first-order valence-electron chi connectivity index (χ1n) is 15.6. The molecule has 1 N–H and O–H groups in total. The predicted molar refractivity (Wildman–Crippen MR) is 171 cm³/mol. The van der Waals surface area contributed by atoms with Gasteiger partial charge >= 0.3 is 11.9 Å². The van der Waals surface area contributed by atoms with E-state index in [1.54, 1.807) is 37.1 Å². The molecule has 0 aliphatic carbocycles. The van der Waals surface area contributed by atoms with Crippen molar-refractivity contribution in [2.75, 3.05) is 14.2 Å². The molecular formula is C35H51N3O6. The van der Waals surface area contributed by atoms with Crippen molar-refractivity contribution < 1.29 is 28.7 Å². The van der Waals surface area contributed by atoms with E-state index in [4.69, 9.17) is 9.47 Å². The molecule has 0 unspecified atom stereocenters. The summed E-state index contributed by atoms with van der Waals surface area (Å²) in [7, 11) is 3.15. The number of hydrogen-bond donors (Lipinski definition) is 1. The number of carbonyl (C=O) groups is 4. The van der Waals surface area contributed by atoms with E-state index in [0.29, 0.717) is 25.0 Å². The van der Waals surface area contributed by atoms with Gasteiger partial charge in [0.2, 0.25) is 5.91 Å². The van der Waals surface area contributed by atoms with Gasteiger partial charge in [0.05, 0.1) is 18.7 Å². The van der Waals surface area contributed by atoms with Crippen molar-refractivity contribution in [3.8, 4) is 0 Å². The highest BCUT2D eigenvalue weighted by molar-refractivity contribution is 5.92. The zero-order valence-electron chi connectivity index (χ0n) is 27.8. The van der Waals surface area contributed by atoms with Gasteiger partial charge in [-0.05, 0) is 42.4 Å². The monoisotopic (exact) mass is 609 g/mol. The lowest BCUT2D eigenvalue weighted by Gasteiger charge is -2.36. The van der Waals surface area contributed by atoms with E-state index in [1.165, 1.54) is 14.0 Å². The zero-order chi connectivity index (χ0) is 33.0. The van der Waals surface area contributed by atoms with Crippen molar-refractivity contribution in [1.29, 1.82) is 0 Å². The third-order valence-electron chi connectivity index (χ3n) is 8.50. The third-order valence-corrected chi connectivity index (χ3v) is 8.50. The highest BCUT2D eigenvalue weighted by Crippen LogP contribution is 2.29. The molecule has 2 rings (SSSR count). The SMILES string of the molecule is CC[C@H](C)[C@H](C)C(=O)N(C)[C@H](C[C@@H](OC(C)=O)c1cccc(C(=O)N[C@@H](Cc2ccccc2)C[C@H](C)C(=O)OC)n1)C(C)C. The average Bonchev–Trinajstić information content (AvgIpc) is 3.01. The number of hydrogen-bond acceptors (Lipinski definition) is 7. The average molecular weight is 610 g/mol. The Hall–Kier alpha value is -3.75. The summed E-state index contributed by atoms with van der Waals surface area (Å²) in [5.74, 6) is -1.42. The predicted octanol–water partition coefficient (Wildman–Crippen LogP) is 5.78. The first kappa shape index (κ1) is 36.4. The summed E-state index contributed by atoms with van der Waals surface area (Å²) in [6.07, 6.45) is 1.37. The number of nitrogens with one attached hydrogen (secondary N) is 1. The topological polar surface area (TPSA) is 115 Å². The largest absolute Gasteiger partial charge is 0.469 e. The molecule has 1 heterocycles. The maximum atomic E-state index is 13.5. The number of esters is 2. The Bertz CT molecular complexity index is 1230. The number of methoxy groups -OCH3 is 1. The molecule has 9 heteroatoms. The fraction of sp³-hybridized carbons (Fsp3) is 0.571. The molecule has 242 valence electrons. The Morgan fingerprint density at radius 2 is 1.59 bits per heavy atom. The molecule has 0 radical (unpaired) electrons. The van der Waals surface area contributed by atoms with Gasteiger partial charge in [0.15, 0.2) is 0 Å². The summed E-state index contributed by atoms with van der Waals surface area (Å²) in [5.41, 5.74) is 1.61. The summed E-state index contributed by atoms with van der Waals surface area (Å²) < 4.78 is 10.6. The van der Waals surface area contributed by atoms with Crippen LogP contribution in [0.1, 0.15) is 95.6 Å². The molecule has 44 heavy (non-hydrogen) atoms. The molecule has 0 aliphatic heterocycles. The lowest BCUT2D eigenvalue weighted by atomic mass is 9.89. The normalized spacial score (nSPS) is 15.3. The summed E-state index contributed by atoms with van der Waals surface area (Å²) in [6, 6.07) is 14.2. The van der Waals surface area contributed by atoms with Crippen LogP contribution < -0.4 is 5.32 Å². The van der Waals surface area contributed by atoms with Crippen LogP contribution in [-0.4, -0.2) is 59.9 Å². The number of amides is 2. The molecule has 2 aromatic rings. The van der Waals surface area contributed by atoms with Crippen LogP contribution in [0.15, 0.2) is 48.5 Å². The number of pyridine rings is 1. The van der Waals surface area contributed by atoms with Crippen molar-refractivity contribution in [1.82, 2.24) is 15.2 Å². The minimum absolute atomic E-state index is 0.0475. The number of rotatable bonds is 16. The van der Waals surface area contributed by atoms with Crippen LogP contribution in [0, 0.1) is 23.7 Å². The van der Waals surface area contributed by atoms with E-state index in [2.05, 4.69) is 24.1 Å². The minimum Gasteiger partial charge on any atom is -0.469 e. The molecule has 0 fully saturated rings. The van der Waals surface area contributed by atoms with E-state index in [1.807, 2.05) is 51.1 Å². The van der Waals surface area contributed by atoms with Crippen LogP contribution in [0.2, 0.25) is 0 Å². The van der Waals surface area contributed by atoms with Crippen LogP contribution in [-0.2, 0) is 30.3 Å².